The van der Waals surface area contributed by atoms with Gasteiger partial charge >= 0.3 is 0 Å². The van der Waals surface area contributed by atoms with Crippen LogP contribution in [0.2, 0.25) is 5.02 Å². The van der Waals surface area contributed by atoms with Crippen LogP contribution in [0.4, 0.5) is 0 Å². The second kappa shape index (κ2) is 5.55. The Morgan fingerprint density at radius 3 is 2.83 bits per heavy atom. The van der Waals surface area contributed by atoms with E-state index in [-0.39, 0.29) is 6.04 Å². The second-order valence-electron chi connectivity index (χ2n) is 4.73. The lowest BCUT2D eigenvalue weighted by Gasteiger charge is -2.11. The highest BCUT2D eigenvalue weighted by molar-refractivity contribution is 6.30. The van der Waals surface area contributed by atoms with Crippen molar-refractivity contribution in [1.29, 1.82) is 0 Å². The second-order valence-corrected chi connectivity index (χ2v) is 5.17. The van der Waals surface area contributed by atoms with E-state index in [1.165, 1.54) is 0 Å². The third kappa shape index (κ3) is 3.12. The minimum absolute atomic E-state index is 0.106. The minimum Gasteiger partial charge on any atom is -0.444 e. The first-order chi connectivity index (χ1) is 8.56. The van der Waals surface area contributed by atoms with Gasteiger partial charge in [-0.05, 0) is 23.6 Å². The molecule has 96 valence electrons. The Hall–Kier alpha value is -1.32. The Bertz CT molecular complexity index is 522. The van der Waals surface area contributed by atoms with Crippen molar-refractivity contribution in [2.75, 3.05) is 0 Å². The molecule has 2 N–H and O–H groups in total. The molecule has 0 spiro atoms. The monoisotopic (exact) mass is 264 g/mol. The number of aromatic nitrogens is 1. The van der Waals surface area contributed by atoms with Crippen molar-refractivity contribution in [3.05, 3.63) is 52.7 Å². The van der Waals surface area contributed by atoms with Gasteiger partial charge < -0.3 is 10.2 Å². The molecule has 0 fully saturated rings. The van der Waals surface area contributed by atoms with Crippen molar-refractivity contribution in [3.8, 4) is 0 Å². The van der Waals surface area contributed by atoms with Gasteiger partial charge in [-0.3, -0.25) is 0 Å². The summed E-state index contributed by atoms with van der Waals surface area (Å²) in [6.45, 7) is 4.12. The Labute approximate surface area is 112 Å². The first-order valence-electron chi connectivity index (χ1n) is 6.01. The molecule has 3 nitrogen and oxygen atoms in total. The quantitative estimate of drug-likeness (QED) is 0.918. The Balaban J connectivity index is 2.11. The maximum Gasteiger partial charge on any atom is 0.198 e. The maximum absolute atomic E-state index is 6.01. The summed E-state index contributed by atoms with van der Waals surface area (Å²) < 4.78 is 5.67. The topological polar surface area (TPSA) is 52.0 Å². The highest BCUT2D eigenvalue weighted by Crippen LogP contribution is 2.21. The lowest BCUT2D eigenvalue weighted by Crippen LogP contribution is -2.15. The Kier molecular flexibility index (Phi) is 4.04. The molecule has 0 saturated heterocycles. The SMILES string of the molecule is CC(C)C(N)c1cnc(Cc2cccc(Cl)c2)o1. The molecule has 0 radical (unpaired) electrons. The van der Waals surface area contributed by atoms with E-state index in [1.54, 1.807) is 6.20 Å². The summed E-state index contributed by atoms with van der Waals surface area (Å²) in [7, 11) is 0. The molecule has 1 heterocycles. The van der Waals surface area contributed by atoms with Crippen LogP contribution in [0.5, 0.6) is 0 Å². The molecule has 4 heteroatoms. The van der Waals surface area contributed by atoms with Crippen LogP contribution in [0.15, 0.2) is 34.9 Å². The van der Waals surface area contributed by atoms with Crippen molar-refractivity contribution in [3.63, 3.8) is 0 Å². The van der Waals surface area contributed by atoms with E-state index in [0.29, 0.717) is 18.2 Å². The molecule has 0 bridgehead atoms. The van der Waals surface area contributed by atoms with Gasteiger partial charge in [-0.2, -0.15) is 0 Å². The maximum atomic E-state index is 6.01. The molecule has 18 heavy (non-hydrogen) atoms. The van der Waals surface area contributed by atoms with Crippen LogP contribution in [0.3, 0.4) is 0 Å². The molecule has 1 aromatic carbocycles. The highest BCUT2D eigenvalue weighted by atomic mass is 35.5. The van der Waals surface area contributed by atoms with Gasteiger partial charge in [0.15, 0.2) is 5.89 Å². The Morgan fingerprint density at radius 2 is 2.17 bits per heavy atom. The normalized spacial score (nSPS) is 12.9. The zero-order chi connectivity index (χ0) is 13.1. The molecule has 2 aromatic rings. The summed E-state index contributed by atoms with van der Waals surface area (Å²) >= 11 is 5.94. The average molecular weight is 265 g/mol. The van der Waals surface area contributed by atoms with Crippen molar-refractivity contribution in [1.82, 2.24) is 4.98 Å². The summed E-state index contributed by atoms with van der Waals surface area (Å²) in [6, 6.07) is 7.57. The molecule has 1 atom stereocenters. The summed E-state index contributed by atoms with van der Waals surface area (Å²) in [5.74, 6) is 1.74. The van der Waals surface area contributed by atoms with E-state index in [1.807, 2.05) is 24.3 Å². The van der Waals surface area contributed by atoms with Crippen molar-refractivity contribution in [2.45, 2.75) is 26.3 Å². The van der Waals surface area contributed by atoms with Crippen LogP contribution < -0.4 is 5.73 Å². The van der Waals surface area contributed by atoms with E-state index in [2.05, 4.69) is 18.8 Å². The average Bonchev–Trinajstić information content (AvgIpc) is 2.76. The number of hydrogen-bond donors (Lipinski definition) is 1. The van der Waals surface area contributed by atoms with Gasteiger partial charge in [0.25, 0.3) is 0 Å². The van der Waals surface area contributed by atoms with Gasteiger partial charge in [0.1, 0.15) is 5.76 Å². The summed E-state index contributed by atoms with van der Waals surface area (Å²) in [5.41, 5.74) is 7.09. The molecule has 1 aromatic heterocycles. The van der Waals surface area contributed by atoms with Crippen molar-refractivity contribution in [2.24, 2.45) is 11.7 Å². The predicted octanol–water partition coefficient (Wildman–Crippen LogP) is 3.57. The van der Waals surface area contributed by atoms with E-state index in [4.69, 9.17) is 21.8 Å². The number of halogens is 1. The van der Waals surface area contributed by atoms with Crippen LogP contribution in [-0.2, 0) is 6.42 Å². The molecular formula is C14H17ClN2O. The summed E-state index contributed by atoms with van der Waals surface area (Å²) in [5, 5.41) is 0.721. The molecule has 0 aliphatic rings. The number of hydrogen-bond acceptors (Lipinski definition) is 3. The number of benzene rings is 1. The van der Waals surface area contributed by atoms with Gasteiger partial charge in [-0.25, -0.2) is 4.98 Å². The molecule has 0 amide bonds. The molecule has 0 aliphatic heterocycles. The number of rotatable bonds is 4. The van der Waals surface area contributed by atoms with Gasteiger partial charge in [-0.1, -0.05) is 37.6 Å². The van der Waals surface area contributed by atoms with Crippen LogP contribution in [0.25, 0.3) is 0 Å². The predicted molar refractivity (Wildman–Crippen MR) is 72.5 cm³/mol. The summed E-state index contributed by atoms with van der Waals surface area (Å²) in [4.78, 5) is 4.25. The first-order valence-corrected chi connectivity index (χ1v) is 6.38. The van der Waals surface area contributed by atoms with Crippen LogP contribution in [-0.4, -0.2) is 4.98 Å². The largest absolute Gasteiger partial charge is 0.444 e. The number of oxazole rings is 1. The van der Waals surface area contributed by atoms with Gasteiger partial charge in [0.05, 0.1) is 12.2 Å². The van der Waals surface area contributed by atoms with E-state index < -0.39 is 0 Å². The van der Waals surface area contributed by atoms with E-state index >= 15 is 0 Å². The standard InChI is InChI=1S/C14H17ClN2O/c1-9(2)14(16)12-8-17-13(18-12)7-10-4-3-5-11(15)6-10/h3-6,8-9,14H,7,16H2,1-2H3. The number of nitrogens with two attached hydrogens (primary N) is 1. The zero-order valence-electron chi connectivity index (χ0n) is 10.6. The molecule has 0 saturated carbocycles. The van der Waals surface area contributed by atoms with E-state index in [0.717, 1.165) is 16.3 Å². The fourth-order valence-corrected chi connectivity index (χ4v) is 1.92. The van der Waals surface area contributed by atoms with Crippen LogP contribution in [0, 0.1) is 5.92 Å². The van der Waals surface area contributed by atoms with Gasteiger partial charge in [0, 0.05) is 11.4 Å². The summed E-state index contributed by atoms with van der Waals surface area (Å²) in [6.07, 6.45) is 2.34. The lowest BCUT2D eigenvalue weighted by atomic mass is 10.0. The fourth-order valence-electron chi connectivity index (χ4n) is 1.71. The molecule has 1 unspecified atom stereocenters. The van der Waals surface area contributed by atoms with Crippen LogP contribution in [0.1, 0.15) is 37.1 Å². The molecule has 0 aliphatic carbocycles. The van der Waals surface area contributed by atoms with Gasteiger partial charge in [0.2, 0.25) is 0 Å². The fraction of sp³-hybridized carbons (Fsp3) is 0.357. The van der Waals surface area contributed by atoms with Crippen molar-refractivity contribution < 1.29 is 4.42 Å². The smallest absolute Gasteiger partial charge is 0.198 e. The third-order valence-corrected chi connectivity index (χ3v) is 3.10. The first kappa shape index (κ1) is 13.1. The Morgan fingerprint density at radius 1 is 1.39 bits per heavy atom. The highest BCUT2D eigenvalue weighted by Gasteiger charge is 2.15. The third-order valence-electron chi connectivity index (χ3n) is 2.86. The van der Waals surface area contributed by atoms with Crippen molar-refractivity contribution >= 4 is 11.6 Å². The molecule has 2 rings (SSSR count). The van der Waals surface area contributed by atoms with Gasteiger partial charge in [-0.15, -0.1) is 0 Å². The number of nitrogens with zero attached hydrogens (tertiary/aromatic N) is 1. The zero-order valence-corrected chi connectivity index (χ0v) is 11.3. The minimum atomic E-state index is -0.106. The van der Waals surface area contributed by atoms with E-state index in [9.17, 15) is 0 Å². The molecular weight excluding hydrogens is 248 g/mol. The van der Waals surface area contributed by atoms with Crippen LogP contribution >= 0.6 is 11.6 Å². The lowest BCUT2D eigenvalue weighted by molar-refractivity contribution is 0.384.